The van der Waals surface area contributed by atoms with Gasteiger partial charge in [-0.25, -0.2) is 9.69 Å². The zero-order valence-electron chi connectivity index (χ0n) is 22.2. The van der Waals surface area contributed by atoms with E-state index < -0.39 is 20.3 Å². The molecule has 194 valence electrons. The van der Waals surface area contributed by atoms with Crippen LogP contribution in [-0.4, -0.2) is 44.5 Å². The number of hydrogen-bond donors (Lipinski definition) is 0. The number of cyclic esters (lactones) is 1. The van der Waals surface area contributed by atoms with E-state index in [2.05, 4.69) is 45.0 Å². The Labute approximate surface area is 221 Å². The van der Waals surface area contributed by atoms with Crippen molar-refractivity contribution in [2.24, 2.45) is 5.92 Å². The summed E-state index contributed by atoms with van der Waals surface area (Å²) in [5.41, 5.74) is 1.07. The Kier molecular flexibility index (Phi) is 8.30. The first kappa shape index (κ1) is 26.8. The molecule has 6 heteroatoms. The third-order valence-electron chi connectivity index (χ3n) is 7.27. The van der Waals surface area contributed by atoms with Crippen LogP contribution in [0.5, 0.6) is 0 Å². The molecule has 0 unspecified atom stereocenters. The van der Waals surface area contributed by atoms with Gasteiger partial charge in [-0.3, -0.25) is 4.79 Å². The van der Waals surface area contributed by atoms with Gasteiger partial charge in [-0.2, -0.15) is 0 Å². The third-order valence-corrected chi connectivity index (χ3v) is 12.3. The van der Waals surface area contributed by atoms with E-state index in [1.165, 1.54) is 15.3 Å². The second-order valence-electron chi connectivity index (χ2n) is 10.7. The lowest BCUT2D eigenvalue weighted by Gasteiger charge is -2.43. The Hall–Kier alpha value is -3.22. The van der Waals surface area contributed by atoms with Crippen LogP contribution in [0.15, 0.2) is 91.0 Å². The van der Waals surface area contributed by atoms with Crippen LogP contribution in [0, 0.1) is 5.92 Å². The number of amides is 2. The molecule has 0 N–H and O–H groups in total. The van der Waals surface area contributed by atoms with E-state index in [4.69, 9.17) is 9.16 Å². The molecule has 5 nitrogen and oxygen atoms in total. The molecule has 2 atom stereocenters. The van der Waals surface area contributed by atoms with Gasteiger partial charge in [0, 0.05) is 6.61 Å². The van der Waals surface area contributed by atoms with Crippen LogP contribution in [0.2, 0.25) is 5.04 Å². The average molecular weight is 516 g/mol. The van der Waals surface area contributed by atoms with Gasteiger partial charge in [0.25, 0.3) is 8.32 Å². The van der Waals surface area contributed by atoms with Gasteiger partial charge >= 0.3 is 6.09 Å². The second kappa shape index (κ2) is 11.4. The van der Waals surface area contributed by atoms with Crippen LogP contribution in [0.1, 0.15) is 39.7 Å². The van der Waals surface area contributed by atoms with E-state index in [0.29, 0.717) is 12.8 Å². The van der Waals surface area contributed by atoms with Crippen molar-refractivity contribution in [1.29, 1.82) is 0 Å². The van der Waals surface area contributed by atoms with E-state index in [0.717, 1.165) is 5.56 Å². The molecule has 2 amide bonds. The number of imide groups is 1. The minimum absolute atomic E-state index is 0.195. The lowest BCUT2D eigenvalue weighted by atomic mass is 10.0. The maximum atomic E-state index is 13.8. The highest BCUT2D eigenvalue weighted by molar-refractivity contribution is 6.99. The zero-order valence-corrected chi connectivity index (χ0v) is 23.2. The van der Waals surface area contributed by atoms with Crippen molar-refractivity contribution in [2.45, 2.75) is 51.6 Å². The number of hydrogen-bond acceptors (Lipinski definition) is 4. The second-order valence-corrected chi connectivity index (χ2v) is 15.0. The number of carbonyl (C=O) groups is 2. The summed E-state index contributed by atoms with van der Waals surface area (Å²) >= 11 is 0. The molecule has 3 aromatic carbocycles. The molecule has 1 aliphatic heterocycles. The number of ether oxygens (including phenoxy) is 1. The summed E-state index contributed by atoms with van der Waals surface area (Å²) < 4.78 is 12.4. The van der Waals surface area contributed by atoms with Crippen molar-refractivity contribution in [3.05, 3.63) is 96.6 Å². The largest absolute Gasteiger partial charge is 0.447 e. The third kappa shape index (κ3) is 5.55. The van der Waals surface area contributed by atoms with Crippen molar-refractivity contribution in [1.82, 2.24) is 4.90 Å². The quantitative estimate of drug-likeness (QED) is 0.369. The minimum Gasteiger partial charge on any atom is -0.447 e. The maximum absolute atomic E-state index is 13.8. The molecule has 1 aliphatic rings. The molecule has 37 heavy (non-hydrogen) atoms. The molecule has 3 aromatic rings. The summed E-state index contributed by atoms with van der Waals surface area (Å²) in [6.45, 7) is 9.09. The highest BCUT2D eigenvalue weighted by Crippen LogP contribution is 2.37. The smallest absolute Gasteiger partial charge is 0.416 e. The lowest BCUT2D eigenvalue weighted by molar-refractivity contribution is -0.134. The van der Waals surface area contributed by atoms with E-state index in [1.54, 1.807) is 0 Å². The van der Waals surface area contributed by atoms with Gasteiger partial charge in [0.05, 0.1) is 12.0 Å². The van der Waals surface area contributed by atoms with Crippen molar-refractivity contribution in [3.8, 4) is 0 Å². The number of benzene rings is 3. The monoisotopic (exact) mass is 515 g/mol. The van der Waals surface area contributed by atoms with Gasteiger partial charge < -0.3 is 9.16 Å². The summed E-state index contributed by atoms with van der Waals surface area (Å²) in [6.07, 6.45) is 0.582. The number of nitrogens with zero attached hydrogens (tertiary/aromatic N) is 1. The predicted octanol–water partition coefficient (Wildman–Crippen LogP) is 5.18. The van der Waals surface area contributed by atoms with Crippen molar-refractivity contribution < 1.29 is 18.8 Å². The normalized spacial score (nSPS) is 16.9. The summed E-state index contributed by atoms with van der Waals surface area (Å²) in [5.74, 6) is -0.672. The SMILES string of the molecule is CC[C@@H](CO[Si](c1ccccc1)(c1ccccc1)C(C)(C)C)C(=O)N1C(=O)OC[C@H]1Cc1ccccc1. The first-order valence-electron chi connectivity index (χ1n) is 13.1. The molecular weight excluding hydrogens is 478 g/mol. The minimum atomic E-state index is -2.80. The summed E-state index contributed by atoms with van der Waals surface area (Å²) in [7, 11) is -2.80. The van der Waals surface area contributed by atoms with Crippen LogP contribution >= 0.6 is 0 Å². The van der Waals surface area contributed by atoms with Gasteiger partial charge in [-0.15, -0.1) is 0 Å². The van der Waals surface area contributed by atoms with Crippen LogP contribution in [-0.2, 0) is 20.4 Å². The first-order valence-corrected chi connectivity index (χ1v) is 15.0. The first-order chi connectivity index (χ1) is 17.8. The zero-order chi connectivity index (χ0) is 26.5. The standard InChI is InChI=1S/C31H37NO4Si/c1-5-25(29(33)32-26(23-35-30(32)34)21-24-15-9-6-10-16-24)22-36-37(31(2,3)4,27-17-11-7-12-18-27)28-19-13-8-14-20-28/h6-20,25-26H,5,21-23H2,1-4H3/t25-,26+/m0/s1. The molecule has 0 spiro atoms. The van der Waals surface area contributed by atoms with Gasteiger partial charge in [0.15, 0.2) is 0 Å². The van der Waals surface area contributed by atoms with Gasteiger partial charge in [0.2, 0.25) is 5.91 Å². The van der Waals surface area contributed by atoms with Crippen LogP contribution in [0.4, 0.5) is 4.79 Å². The fourth-order valence-corrected chi connectivity index (χ4v) is 9.92. The highest BCUT2D eigenvalue weighted by atomic mass is 28.4. The summed E-state index contributed by atoms with van der Waals surface area (Å²) in [5, 5.41) is 2.14. The molecule has 1 heterocycles. The van der Waals surface area contributed by atoms with E-state index in [1.807, 2.05) is 73.7 Å². The molecule has 1 saturated heterocycles. The lowest BCUT2D eigenvalue weighted by Crippen LogP contribution is -2.67. The van der Waals surface area contributed by atoms with E-state index >= 15 is 0 Å². The molecular formula is C31H37NO4Si. The molecule has 0 aliphatic carbocycles. The fourth-order valence-electron chi connectivity index (χ4n) is 5.31. The topological polar surface area (TPSA) is 55.8 Å². The van der Waals surface area contributed by atoms with Gasteiger partial charge in [0.1, 0.15) is 6.61 Å². The van der Waals surface area contributed by atoms with E-state index in [-0.39, 0.29) is 30.2 Å². The van der Waals surface area contributed by atoms with Crippen molar-refractivity contribution >= 4 is 30.7 Å². The van der Waals surface area contributed by atoms with Gasteiger partial charge in [-0.1, -0.05) is 119 Å². The molecule has 0 bridgehead atoms. The summed E-state index contributed by atoms with van der Waals surface area (Å²) in [6, 6.07) is 30.4. The average Bonchev–Trinajstić information content (AvgIpc) is 3.27. The fraction of sp³-hybridized carbons (Fsp3) is 0.355. The Balaban J connectivity index is 1.63. The summed E-state index contributed by atoms with van der Waals surface area (Å²) in [4.78, 5) is 27.8. The van der Waals surface area contributed by atoms with E-state index in [9.17, 15) is 9.59 Å². The van der Waals surface area contributed by atoms with Crippen molar-refractivity contribution in [3.63, 3.8) is 0 Å². The van der Waals surface area contributed by atoms with Gasteiger partial charge in [-0.05, 0) is 33.8 Å². The molecule has 0 aromatic heterocycles. The Morgan fingerprint density at radius 3 is 1.95 bits per heavy atom. The Bertz CT molecular complexity index is 1140. The molecule has 0 radical (unpaired) electrons. The van der Waals surface area contributed by atoms with Crippen LogP contribution in [0.3, 0.4) is 0 Å². The van der Waals surface area contributed by atoms with Crippen LogP contribution in [0.25, 0.3) is 0 Å². The molecule has 0 saturated carbocycles. The highest BCUT2D eigenvalue weighted by Gasteiger charge is 2.51. The molecule has 4 rings (SSSR count). The maximum Gasteiger partial charge on any atom is 0.416 e. The Morgan fingerprint density at radius 2 is 1.46 bits per heavy atom. The van der Waals surface area contributed by atoms with Crippen LogP contribution < -0.4 is 10.4 Å². The number of carbonyl (C=O) groups excluding carboxylic acids is 2. The predicted molar refractivity (Wildman–Crippen MR) is 149 cm³/mol. The molecule has 1 fully saturated rings. The Morgan fingerprint density at radius 1 is 0.946 bits per heavy atom. The van der Waals surface area contributed by atoms with Crippen molar-refractivity contribution in [2.75, 3.05) is 13.2 Å². The number of rotatable bonds is 9.